The molecule has 8 heteroatoms. The van der Waals surface area contributed by atoms with Crippen molar-refractivity contribution in [1.82, 2.24) is 15.1 Å². The Balaban J connectivity index is 1.53. The van der Waals surface area contributed by atoms with Gasteiger partial charge in [0.05, 0.1) is 5.92 Å². The number of halogens is 2. The summed E-state index contributed by atoms with van der Waals surface area (Å²) in [6.45, 7) is 3.05. The van der Waals surface area contributed by atoms with Crippen molar-refractivity contribution in [3.05, 3.63) is 34.6 Å². The average molecular weight is 398 g/mol. The number of urea groups is 1. The van der Waals surface area contributed by atoms with Crippen molar-refractivity contribution in [3.8, 4) is 0 Å². The summed E-state index contributed by atoms with van der Waals surface area (Å²) in [5.74, 6) is -1.67. The van der Waals surface area contributed by atoms with E-state index >= 15 is 0 Å². The van der Waals surface area contributed by atoms with Crippen LogP contribution in [0, 0.1) is 11.7 Å². The van der Waals surface area contributed by atoms with Gasteiger partial charge in [0.15, 0.2) is 0 Å². The Hall–Kier alpha value is -1.86. The number of carbonyl (C=O) groups is 2. The molecule has 2 N–H and O–H groups in total. The van der Waals surface area contributed by atoms with E-state index in [4.69, 9.17) is 11.6 Å². The lowest BCUT2D eigenvalue weighted by Crippen LogP contribution is -2.53. The number of nitrogens with zero attached hydrogens (tertiary/aromatic N) is 2. The number of carboxylic acids is 1. The molecule has 3 rings (SSSR count). The number of benzene rings is 1. The summed E-state index contributed by atoms with van der Waals surface area (Å²) in [6, 6.07) is 4.23. The second-order valence-corrected chi connectivity index (χ2v) is 7.79. The standard InChI is InChI=1S/C19H25ClFN3O3/c20-17-9-15(21)6-5-13(17)10-23-7-2-4-16(12-23)22-19(27)24-8-1-3-14(11-24)18(25)26/h5-6,9,14,16H,1-4,7-8,10-12H2,(H,22,27)(H,25,26). The number of piperidine rings is 2. The molecule has 2 heterocycles. The van der Waals surface area contributed by atoms with Crippen molar-refractivity contribution in [3.63, 3.8) is 0 Å². The van der Waals surface area contributed by atoms with E-state index in [0.29, 0.717) is 37.5 Å². The zero-order chi connectivity index (χ0) is 19.4. The Morgan fingerprint density at radius 3 is 2.74 bits per heavy atom. The third-order valence-electron chi connectivity index (χ3n) is 5.30. The minimum atomic E-state index is -0.840. The Labute approximate surface area is 163 Å². The molecule has 2 aliphatic rings. The van der Waals surface area contributed by atoms with E-state index in [-0.39, 0.29) is 24.4 Å². The average Bonchev–Trinajstić information content (AvgIpc) is 2.64. The molecule has 6 nitrogen and oxygen atoms in total. The second-order valence-electron chi connectivity index (χ2n) is 7.38. The first-order valence-electron chi connectivity index (χ1n) is 9.37. The molecule has 2 unspecified atom stereocenters. The van der Waals surface area contributed by atoms with Gasteiger partial charge in [-0.25, -0.2) is 9.18 Å². The summed E-state index contributed by atoms with van der Waals surface area (Å²) in [5, 5.41) is 12.6. The number of hydrogen-bond donors (Lipinski definition) is 2. The molecule has 0 saturated carbocycles. The first kappa shape index (κ1) is 19.9. The molecule has 27 heavy (non-hydrogen) atoms. The van der Waals surface area contributed by atoms with Gasteiger partial charge in [0.2, 0.25) is 0 Å². The van der Waals surface area contributed by atoms with Gasteiger partial charge in [-0.1, -0.05) is 17.7 Å². The molecule has 2 fully saturated rings. The maximum atomic E-state index is 13.2. The lowest BCUT2D eigenvalue weighted by atomic mass is 9.98. The monoisotopic (exact) mass is 397 g/mol. The summed E-state index contributed by atoms with van der Waals surface area (Å²) in [6.07, 6.45) is 3.16. The van der Waals surface area contributed by atoms with Gasteiger partial charge in [-0.3, -0.25) is 9.69 Å². The van der Waals surface area contributed by atoms with E-state index in [1.807, 2.05) is 0 Å². The van der Waals surface area contributed by atoms with Crippen molar-refractivity contribution in [1.29, 1.82) is 0 Å². The van der Waals surface area contributed by atoms with Gasteiger partial charge in [0, 0.05) is 37.2 Å². The van der Waals surface area contributed by atoms with Gasteiger partial charge in [-0.05, 0) is 49.9 Å². The van der Waals surface area contributed by atoms with Gasteiger partial charge in [0.1, 0.15) is 5.82 Å². The van der Waals surface area contributed by atoms with Crippen LogP contribution in [0.15, 0.2) is 18.2 Å². The predicted octanol–water partition coefficient (Wildman–Crippen LogP) is 2.95. The molecular formula is C19H25ClFN3O3. The highest BCUT2D eigenvalue weighted by molar-refractivity contribution is 6.31. The van der Waals surface area contributed by atoms with Gasteiger partial charge < -0.3 is 15.3 Å². The topological polar surface area (TPSA) is 72.9 Å². The lowest BCUT2D eigenvalue weighted by molar-refractivity contribution is -0.143. The fraction of sp³-hybridized carbons (Fsp3) is 0.579. The van der Waals surface area contributed by atoms with Crippen molar-refractivity contribution in [2.24, 2.45) is 5.92 Å². The highest BCUT2D eigenvalue weighted by atomic mass is 35.5. The van der Waals surface area contributed by atoms with Gasteiger partial charge >= 0.3 is 12.0 Å². The largest absolute Gasteiger partial charge is 0.481 e. The van der Waals surface area contributed by atoms with Crippen molar-refractivity contribution < 1.29 is 19.1 Å². The SMILES string of the molecule is O=C(O)C1CCCN(C(=O)NC2CCCN(Cc3ccc(F)cc3Cl)C2)C1. The summed E-state index contributed by atoms with van der Waals surface area (Å²) in [7, 11) is 0. The zero-order valence-corrected chi connectivity index (χ0v) is 15.9. The molecule has 2 atom stereocenters. The minimum Gasteiger partial charge on any atom is -0.481 e. The van der Waals surface area contributed by atoms with Crippen molar-refractivity contribution >= 4 is 23.6 Å². The second kappa shape index (κ2) is 8.89. The molecule has 0 bridgehead atoms. The van der Waals surface area contributed by atoms with E-state index in [0.717, 1.165) is 24.9 Å². The van der Waals surface area contributed by atoms with Crippen LogP contribution in [0.3, 0.4) is 0 Å². The molecule has 1 aromatic carbocycles. The fourth-order valence-electron chi connectivity index (χ4n) is 3.84. The maximum Gasteiger partial charge on any atom is 0.317 e. The van der Waals surface area contributed by atoms with Gasteiger partial charge in [0.25, 0.3) is 0 Å². The van der Waals surface area contributed by atoms with Gasteiger partial charge in [-0.2, -0.15) is 0 Å². The Morgan fingerprint density at radius 1 is 1.22 bits per heavy atom. The van der Waals surface area contributed by atoms with E-state index in [2.05, 4.69) is 10.2 Å². The van der Waals surface area contributed by atoms with Crippen LogP contribution in [0.25, 0.3) is 0 Å². The molecule has 2 aliphatic heterocycles. The van der Waals surface area contributed by atoms with Crippen LogP contribution in [0.1, 0.15) is 31.2 Å². The van der Waals surface area contributed by atoms with Crippen LogP contribution in [-0.2, 0) is 11.3 Å². The summed E-state index contributed by atoms with van der Waals surface area (Å²) < 4.78 is 13.2. The van der Waals surface area contributed by atoms with Crippen LogP contribution >= 0.6 is 11.6 Å². The molecule has 2 amide bonds. The smallest absolute Gasteiger partial charge is 0.317 e. The number of rotatable bonds is 4. The van der Waals surface area contributed by atoms with Crippen LogP contribution < -0.4 is 5.32 Å². The van der Waals surface area contributed by atoms with Crippen molar-refractivity contribution in [2.45, 2.75) is 38.3 Å². The molecule has 1 aromatic rings. The van der Waals surface area contributed by atoms with Crippen molar-refractivity contribution in [2.75, 3.05) is 26.2 Å². The highest BCUT2D eigenvalue weighted by Crippen LogP contribution is 2.22. The van der Waals surface area contributed by atoms with Crippen LogP contribution in [0.5, 0.6) is 0 Å². The van der Waals surface area contributed by atoms with Crippen LogP contribution in [0.2, 0.25) is 5.02 Å². The summed E-state index contributed by atoms with van der Waals surface area (Å²) >= 11 is 6.12. The molecule has 0 radical (unpaired) electrons. The minimum absolute atomic E-state index is 0.00989. The van der Waals surface area contributed by atoms with E-state index in [1.165, 1.54) is 12.1 Å². The number of aliphatic carboxylic acids is 1. The molecule has 148 valence electrons. The number of amides is 2. The van der Waals surface area contributed by atoms with E-state index in [1.54, 1.807) is 11.0 Å². The summed E-state index contributed by atoms with van der Waals surface area (Å²) in [5.41, 5.74) is 0.866. The first-order valence-corrected chi connectivity index (χ1v) is 9.74. The number of likely N-dealkylation sites (tertiary alicyclic amines) is 2. The first-order chi connectivity index (χ1) is 12.9. The number of nitrogens with one attached hydrogen (secondary N) is 1. The normalized spacial score (nSPS) is 23.9. The molecule has 0 spiro atoms. The summed E-state index contributed by atoms with van der Waals surface area (Å²) in [4.78, 5) is 27.5. The Kier molecular flexibility index (Phi) is 6.55. The van der Waals surface area contributed by atoms with E-state index < -0.39 is 11.9 Å². The highest BCUT2D eigenvalue weighted by Gasteiger charge is 2.30. The maximum absolute atomic E-state index is 13.2. The third kappa shape index (κ3) is 5.32. The van der Waals surface area contributed by atoms with Gasteiger partial charge in [-0.15, -0.1) is 0 Å². The zero-order valence-electron chi connectivity index (χ0n) is 15.2. The fourth-order valence-corrected chi connectivity index (χ4v) is 4.06. The Morgan fingerprint density at radius 2 is 2.00 bits per heavy atom. The quantitative estimate of drug-likeness (QED) is 0.819. The van der Waals surface area contributed by atoms with Crippen LogP contribution in [0.4, 0.5) is 9.18 Å². The van der Waals surface area contributed by atoms with E-state index in [9.17, 15) is 19.1 Å². The number of carboxylic acid groups (broad SMARTS) is 1. The molecular weight excluding hydrogens is 373 g/mol. The predicted molar refractivity (Wildman–Crippen MR) is 100 cm³/mol. The number of carbonyl (C=O) groups excluding carboxylic acids is 1. The lowest BCUT2D eigenvalue weighted by Gasteiger charge is -2.36. The third-order valence-corrected chi connectivity index (χ3v) is 5.65. The molecule has 0 aliphatic carbocycles. The number of hydrogen-bond acceptors (Lipinski definition) is 3. The van der Waals surface area contributed by atoms with Crippen LogP contribution in [-0.4, -0.2) is 59.1 Å². The Bertz CT molecular complexity index is 703. The molecule has 0 aromatic heterocycles. The molecule has 2 saturated heterocycles.